The predicted octanol–water partition coefficient (Wildman–Crippen LogP) is 3.76. The first kappa shape index (κ1) is 24.2. The lowest BCUT2D eigenvalue weighted by Crippen LogP contribution is -2.25. The van der Waals surface area contributed by atoms with E-state index in [1.807, 2.05) is 6.92 Å². The topological polar surface area (TPSA) is 133 Å². The number of rotatable bonds is 9. The fourth-order valence-electron chi connectivity index (χ4n) is 3.59. The van der Waals surface area contributed by atoms with Crippen molar-refractivity contribution in [1.29, 1.82) is 0 Å². The number of carbonyl (C=O) groups excluding carboxylic acids is 1. The Morgan fingerprint density at radius 3 is 2.82 bits per heavy atom. The molecule has 1 atom stereocenters. The Labute approximate surface area is 191 Å². The second-order valence-corrected chi connectivity index (χ2v) is 7.86. The molecule has 1 fully saturated rings. The van der Waals surface area contributed by atoms with Crippen LogP contribution < -0.4 is 10.1 Å². The number of methoxy groups -OCH3 is 1. The number of amides is 1. The normalized spacial score (nSPS) is 17.1. The van der Waals surface area contributed by atoms with Crippen LogP contribution in [0.25, 0.3) is 11.5 Å². The highest BCUT2D eigenvalue weighted by molar-refractivity contribution is 5.70. The van der Waals surface area contributed by atoms with Crippen LogP contribution in [0.2, 0.25) is 0 Å². The number of ether oxygens (including phenoxy) is 3. The Balaban J connectivity index is 1.67. The van der Waals surface area contributed by atoms with E-state index in [0.29, 0.717) is 53.6 Å². The largest absolute Gasteiger partial charge is 0.481 e. The fraction of sp³-hybridized carbons (Fsp3) is 0.478. The molecule has 1 saturated carbocycles. The molecule has 10 heteroatoms. The number of aliphatic carboxylic acids is 1. The van der Waals surface area contributed by atoms with Crippen molar-refractivity contribution in [2.75, 3.05) is 20.3 Å². The number of carbonyl (C=O) groups is 2. The van der Waals surface area contributed by atoms with E-state index in [9.17, 15) is 14.7 Å². The summed E-state index contributed by atoms with van der Waals surface area (Å²) in [5.41, 5.74) is 3.51. The standard InChI is InChI=1S/C23H29N3O7/c1-14-18(12-24-23(29)31-10-9-30-3)21(33-26-14)19-7-8-20(15(2)25-19)32-13-16-5-4-6-17(11-16)22(27)28/h7-8,13,17H,4-6,9-12H2,1-3H3,(H,24,29)(H,27,28)/t17-/m0/s1. The number of hydrogen-bond acceptors (Lipinski definition) is 8. The molecule has 0 aliphatic heterocycles. The molecule has 0 saturated heterocycles. The van der Waals surface area contributed by atoms with Gasteiger partial charge in [-0.15, -0.1) is 0 Å². The zero-order valence-electron chi connectivity index (χ0n) is 19.1. The first-order chi connectivity index (χ1) is 15.9. The van der Waals surface area contributed by atoms with Crippen LogP contribution in [0.15, 0.2) is 28.5 Å². The van der Waals surface area contributed by atoms with Gasteiger partial charge < -0.3 is 29.2 Å². The van der Waals surface area contributed by atoms with E-state index < -0.39 is 12.1 Å². The van der Waals surface area contributed by atoms with Gasteiger partial charge in [0.05, 0.1) is 36.7 Å². The first-order valence-electron chi connectivity index (χ1n) is 10.8. The van der Waals surface area contributed by atoms with Crippen molar-refractivity contribution < 1.29 is 33.4 Å². The zero-order valence-corrected chi connectivity index (χ0v) is 19.1. The third-order valence-corrected chi connectivity index (χ3v) is 5.45. The summed E-state index contributed by atoms with van der Waals surface area (Å²) in [7, 11) is 1.53. The van der Waals surface area contributed by atoms with Crippen LogP contribution in [0.5, 0.6) is 5.75 Å². The van der Waals surface area contributed by atoms with Crippen LogP contribution in [0.4, 0.5) is 4.79 Å². The molecular weight excluding hydrogens is 430 g/mol. The number of carboxylic acids is 1. The lowest BCUT2D eigenvalue weighted by molar-refractivity contribution is -0.142. The number of allylic oxidation sites excluding steroid dienone is 1. The number of nitrogens with one attached hydrogen (secondary N) is 1. The molecule has 2 heterocycles. The summed E-state index contributed by atoms with van der Waals surface area (Å²) in [5, 5.41) is 15.9. The van der Waals surface area contributed by atoms with Crippen LogP contribution in [0.3, 0.4) is 0 Å². The molecule has 178 valence electrons. The maximum absolute atomic E-state index is 11.8. The van der Waals surface area contributed by atoms with Gasteiger partial charge in [0.25, 0.3) is 0 Å². The summed E-state index contributed by atoms with van der Waals surface area (Å²) in [5.74, 6) is -0.0940. The van der Waals surface area contributed by atoms with E-state index in [-0.39, 0.29) is 19.1 Å². The Hall–Kier alpha value is -3.40. The first-order valence-corrected chi connectivity index (χ1v) is 10.8. The van der Waals surface area contributed by atoms with E-state index in [4.69, 9.17) is 18.7 Å². The molecule has 33 heavy (non-hydrogen) atoms. The van der Waals surface area contributed by atoms with Crippen LogP contribution >= 0.6 is 0 Å². The van der Waals surface area contributed by atoms with E-state index in [2.05, 4.69) is 15.5 Å². The molecular formula is C23H29N3O7. The molecule has 0 unspecified atom stereocenters. The van der Waals surface area contributed by atoms with Gasteiger partial charge in [-0.25, -0.2) is 9.78 Å². The number of nitrogens with zero attached hydrogens (tertiary/aromatic N) is 2. The van der Waals surface area contributed by atoms with E-state index >= 15 is 0 Å². The summed E-state index contributed by atoms with van der Waals surface area (Å²) in [6, 6.07) is 3.53. The van der Waals surface area contributed by atoms with Crippen LogP contribution in [-0.4, -0.2) is 47.6 Å². The van der Waals surface area contributed by atoms with Crippen LogP contribution in [-0.2, 0) is 20.8 Å². The molecule has 10 nitrogen and oxygen atoms in total. The minimum absolute atomic E-state index is 0.160. The predicted molar refractivity (Wildman–Crippen MR) is 118 cm³/mol. The van der Waals surface area contributed by atoms with Gasteiger partial charge in [-0.3, -0.25) is 4.79 Å². The molecule has 1 aliphatic rings. The monoisotopic (exact) mass is 459 g/mol. The highest BCUT2D eigenvalue weighted by atomic mass is 16.6. The minimum atomic E-state index is -0.765. The summed E-state index contributed by atoms with van der Waals surface area (Å²) in [4.78, 5) is 27.6. The minimum Gasteiger partial charge on any atom is -0.481 e. The third-order valence-electron chi connectivity index (χ3n) is 5.45. The summed E-state index contributed by atoms with van der Waals surface area (Å²) in [6.45, 7) is 4.25. The zero-order chi connectivity index (χ0) is 23.8. The number of hydrogen-bond donors (Lipinski definition) is 2. The van der Waals surface area contributed by atoms with Gasteiger partial charge >= 0.3 is 12.1 Å². The van der Waals surface area contributed by atoms with Crippen molar-refractivity contribution >= 4 is 12.1 Å². The Bertz CT molecular complexity index is 1020. The number of aryl methyl sites for hydroxylation is 2. The van der Waals surface area contributed by atoms with Crippen molar-refractivity contribution in [2.45, 2.75) is 46.1 Å². The SMILES string of the molecule is COCCOC(=O)NCc1c(C)noc1-c1ccc(OC=C2CCC[C@H](C(=O)O)C2)c(C)n1. The van der Waals surface area contributed by atoms with Crippen molar-refractivity contribution in [3.63, 3.8) is 0 Å². The van der Waals surface area contributed by atoms with Crippen molar-refractivity contribution in [3.8, 4) is 17.2 Å². The van der Waals surface area contributed by atoms with Crippen molar-refractivity contribution in [1.82, 2.24) is 15.5 Å². The summed E-state index contributed by atoms with van der Waals surface area (Å²) < 4.78 is 21.1. The lowest BCUT2D eigenvalue weighted by Gasteiger charge is -2.20. The van der Waals surface area contributed by atoms with Gasteiger partial charge in [-0.1, -0.05) is 5.16 Å². The molecule has 1 aliphatic carbocycles. The number of alkyl carbamates (subject to hydrolysis) is 1. The van der Waals surface area contributed by atoms with Crippen LogP contribution in [0, 0.1) is 19.8 Å². The molecule has 0 radical (unpaired) electrons. The maximum atomic E-state index is 11.8. The van der Waals surface area contributed by atoms with Gasteiger partial charge in [-0.2, -0.15) is 0 Å². The van der Waals surface area contributed by atoms with E-state index in [1.165, 1.54) is 7.11 Å². The average molecular weight is 459 g/mol. The highest BCUT2D eigenvalue weighted by Crippen LogP contribution is 2.30. The van der Waals surface area contributed by atoms with Gasteiger partial charge in [0.15, 0.2) is 5.76 Å². The smallest absolute Gasteiger partial charge is 0.407 e. The molecule has 3 rings (SSSR count). The van der Waals surface area contributed by atoms with Gasteiger partial charge in [-0.05, 0) is 57.2 Å². The van der Waals surface area contributed by atoms with Crippen molar-refractivity contribution in [2.24, 2.45) is 5.92 Å². The molecule has 1 amide bonds. The Morgan fingerprint density at radius 1 is 1.27 bits per heavy atom. The third kappa shape index (κ3) is 6.55. The van der Waals surface area contributed by atoms with Gasteiger partial charge in [0.2, 0.25) is 0 Å². The molecule has 2 aromatic heterocycles. The molecule has 0 bridgehead atoms. The van der Waals surface area contributed by atoms with Crippen molar-refractivity contribution in [3.05, 3.63) is 40.9 Å². The quantitative estimate of drug-likeness (QED) is 0.425. The van der Waals surface area contributed by atoms with E-state index in [0.717, 1.165) is 18.4 Å². The molecule has 0 aromatic carbocycles. The second-order valence-electron chi connectivity index (χ2n) is 7.86. The highest BCUT2D eigenvalue weighted by Gasteiger charge is 2.23. The second kappa shape index (κ2) is 11.5. The van der Waals surface area contributed by atoms with Gasteiger partial charge in [0, 0.05) is 12.7 Å². The number of carboxylic acid groups (broad SMARTS) is 1. The number of pyridine rings is 1. The summed E-state index contributed by atoms with van der Waals surface area (Å²) in [6.07, 6.45) is 3.94. The van der Waals surface area contributed by atoms with E-state index in [1.54, 1.807) is 25.3 Å². The molecule has 2 N–H and O–H groups in total. The molecule has 2 aromatic rings. The maximum Gasteiger partial charge on any atom is 0.407 e. The number of aromatic nitrogens is 2. The Kier molecular flexibility index (Phi) is 8.42. The average Bonchev–Trinajstić information content (AvgIpc) is 3.17. The lowest BCUT2D eigenvalue weighted by atomic mass is 9.86. The van der Waals surface area contributed by atoms with Crippen LogP contribution in [0.1, 0.15) is 42.6 Å². The molecule has 0 spiro atoms. The summed E-state index contributed by atoms with van der Waals surface area (Å²) >= 11 is 0. The van der Waals surface area contributed by atoms with Gasteiger partial charge in [0.1, 0.15) is 18.1 Å². The Morgan fingerprint density at radius 2 is 2.09 bits per heavy atom. The fourth-order valence-corrected chi connectivity index (χ4v) is 3.59.